The van der Waals surface area contributed by atoms with E-state index >= 15 is 0 Å². The van der Waals surface area contributed by atoms with Gasteiger partial charge >= 0.3 is 0 Å². The first kappa shape index (κ1) is 32.5. The molecule has 1 aliphatic rings. The summed E-state index contributed by atoms with van der Waals surface area (Å²) in [6.45, 7) is 0. The van der Waals surface area contributed by atoms with Crippen molar-refractivity contribution in [3.05, 3.63) is 205 Å². The van der Waals surface area contributed by atoms with Crippen molar-refractivity contribution < 1.29 is 0 Å². The average Bonchev–Trinajstić information content (AvgIpc) is 3.61. The van der Waals surface area contributed by atoms with Gasteiger partial charge in [0.05, 0.1) is 16.9 Å². The normalized spacial score (nSPS) is 12.1. The van der Waals surface area contributed by atoms with Crippen LogP contribution in [0.1, 0.15) is 17.7 Å². The van der Waals surface area contributed by atoms with Gasteiger partial charge in [-0.1, -0.05) is 158 Å². The van der Waals surface area contributed by atoms with Crippen molar-refractivity contribution in [3.8, 4) is 73.0 Å². The molecule has 0 unspecified atom stereocenters. The minimum atomic E-state index is 0.703. The van der Waals surface area contributed by atoms with Gasteiger partial charge in [-0.25, -0.2) is 9.97 Å². The van der Waals surface area contributed by atoms with Crippen LogP contribution in [0.5, 0.6) is 0 Å². The molecule has 0 aliphatic heterocycles. The number of hydrogen-bond donors (Lipinski definition) is 0. The summed E-state index contributed by atoms with van der Waals surface area (Å²) in [7, 11) is 0. The molecule has 0 N–H and O–H groups in total. The van der Waals surface area contributed by atoms with Crippen molar-refractivity contribution in [2.24, 2.45) is 0 Å². The maximum absolute atomic E-state index is 5.19. The number of allylic oxidation sites excluding steroid dienone is 1. The predicted molar refractivity (Wildman–Crippen MR) is 229 cm³/mol. The molecular weight excluding hydrogens is 667 g/mol. The lowest BCUT2D eigenvalue weighted by atomic mass is 9.94. The van der Waals surface area contributed by atoms with Crippen LogP contribution in [0.25, 0.3) is 89.9 Å². The van der Waals surface area contributed by atoms with Crippen LogP contribution in [0.15, 0.2) is 194 Å². The van der Waals surface area contributed by atoms with Gasteiger partial charge in [-0.15, -0.1) is 0 Å². The fourth-order valence-corrected chi connectivity index (χ4v) is 7.93. The Morgan fingerprint density at radius 1 is 0.400 bits per heavy atom. The summed E-state index contributed by atoms with van der Waals surface area (Å²) in [6.07, 6.45) is 6.71. The molecule has 260 valence electrons. The molecule has 0 atom stereocenters. The van der Waals surface area contributed by atoms with E-state index in [2.05, 4.69) is 187 Å². The Morgan fingerprint density at radius 3 is 1.53 bits per heavy atom. The molecule has 3 heteroatoms. The fraction of sp³-hybridized carbons (Fsp3) is 0.0385. The summed E-state index contributed by atoms with van der Waals surface area (Å²) in [5.74, 6) is 0.703. The SMILES string of the molecule is C1=Cc2c(n(-c3ccc(-c4ccc(-c5cc(-c6cc(-c7ccccc7)cc(-c7ccccc7)c6)nc(-c6ccccc6)n5)cc4)cc3)c3ccccc23)CC1. The van der Waals surface area contributed by atoms with E-state index in [0.717, 1.165) is 52.0 Å². The van der Waals surface area contributed by atoms with Crippen molar-refractivity contribution in [2.75, 3.05) is 0 Å². The molecule has 0 saturated heterocycles. The third kappa shape index (κ3) is 6.26. The summed E-state index contributed by atoms with van der Waals surface area (Å²) < 4.78 is 2.44. The maximum Gasteiger partial charge on any atom is 0.160 e. The molecule has 3 nitrogen and oxygen atoms in total. The van der Waals surface area contributed by atoms with Crippen LogP contribution in [-0.2, 0) is 6.42 Å². The molecule has 55 heavy (non-hydrogen) atoms. The standard InChI is InChI=1S/C52H37N3/c1-4-14-36(15-5-1)42-32-43(37-16-6-2-7-17-37)34-44(33-42)49-35-48(53-52(54-49)41-18-8-3-9-19-41)40-26-24-38(25-27-40)39-28-30-45(31-29-39)55-50-22-12-10-20-46(50)47-21-11-13-23-51(47)55/h1-12,14-22,24-35H,13,23H2. The summed E-state index contributed by atoms with van der Waals surface area (Å²) >= 11 is 0. The third-order valence-corrected chi connectivity index (χ3v) is 10.7. The number of para-hydroxylation sites is 1. The average molecular weight is 704 g/mol. The Bertz CT molecular complexity index is 2760. The number of hydrogen-bond acceptors (Lipinski definition) is 2. The Kier molecular flexibility index (Phi) is 8.31. The molecule has 0 saturated carbocycles. The molecule has 0 fully saturated rings. The minimum absolute atomic E-state index is 0.703. The number of nitrogens with zero attached hydrogens (tertiary/aromatic N) is 3. The first-order valence-electron chi connectivity index (χ1n) is 19.0. The molecule has 1 aliphatic carbocycles. The Labute approximate surface area is 321 Å². The first-order valence-corrected chi connectivity index (χ1v) is 19.0. The third-order valence-electron chi connectivity index (χ3n) is 10.7. The van der Waals surface area contributed by atoms with Crippen LogP contribution in [-0.4, -0.2) is 14.5 Å². The van der Waals surface area contributed by atoms with E-state index < -0.39 is 0 Å². The van der Waals surface area contributed by atoms with Gasteiger partial charge in [-0.2, -0.15) is 0 Å². The topological polar surface area (TPSA) is 30.7 Å². The molecule has 0 radical (unpaired) electrons. The predicted octanol–water partition coefficient (Wildman–Crippen LogP) is 13.4. The van der Waals surface area contributed by atoms with E-state index in [1.807, 2.05) is 18.2 Å². The largest absolute Gasteiger partial charge is 0.313 e. The molecule has 9 aromatic rings. The number of rotatable bonds is 7. The van der Waals surface area contributed by atoms with Gasteiger partial charge < -0.3 is 4.57 Å². The molecule has 10 rings (SSSR count). The molecule has 0 amide bonds. The van der Waals surface area contributed by atoms with Gasteiger partial charge in [0, 0.05) is 39.0 Å². The Hall–Kier alpha value is -7.10. The summed E-state index contributed by atoms with van der Waals surface area (Å²) in [5, 5.41) is 1.32. The fourth-order valence-electron chi connectivity index (χ4n) is 7.93. The van der Waals surface area contributed by atoms with Crippen molar-refractivity contribution in [3.63, 3.8) is 0 Å². The lowest BCUT2D eigenvalue weighted by Gasteiger charge is -2.14. The van der Waals surface area contributed by atoms with Crippen molar-refractivity contribution in [2.45, 2.75) is 12.8 Å². The second kappa shape index (κ2) is 14.0. The zero-order valence-electron chi connectivity index (χ0n) is 30.3. The molecule has 7 aromatic carbocycles. The second-order valence-electron chi connectivity index (χ2n) is 14.1. The summed E-state index contributed by atoms with van der Waals surface area (Å²) in [4.78, 5) is 10.3. The number of benzene rings is 7. The van der Waals surface area contributed by atoms with Gasteiger partial charge in [-0.05, 0) is 88.7 Å². The van der Waals surface area contributed by atoms with E-state index in [1.165, 1.54) is 50.1 Å². The monoisotopic (exact) mass is 703 g/mol. The zero-order chi connectivity index (χ0) is 36.6. The van der Waals surface area contributed by atoms with Crippen LogP contribution in [0.3, 0.4) is 0 Å². The quantitative estimate of drug-likeness (QED) is 0.165. The Morgan fingerprint density at radius 2 is 0.891 bits per heavy atom. The second-order valence-corrected chi connectivity index (χ2v) is 14.1. The minimum Gasteiger partial charge on any atom is -0.313 e. The van der Waals surface area contributed by atoms with E-state index in [9.17, 15) is 0 Å². The van der Waals surface area contributed by atoms with Gasteiger partial charge in [0.15, 0.2) is 5.82 Å². The highest BCUT2D eigenvalue weighted by Gasteiger charge is 2.18. The van der Waals surface area contributed by atoms with E-state index in [-0.39, 0.29) is 0 Å². The van der Waals surface area contributed by atoms with Crippen LogP contribution in [0.2, 0.25) is 0 Å². The molecule has 0 bridgehead atoms. The first-order chi connectivity index (χ1) is 27.2. The van der Waals surface area contributed by atoms with Crippen LogP contribution < -0.4 is 0 Å². The van der Waals surface area contributed by atoms with Crippen molar-refractivity contribution in [1.29, 1.82) is 0 Å². The summed E-state index contributed by atoms with van der Waals surface area (Å²) in [5.41, 5.74) is 17.0. The number of aromatic nitrogens is 3. The van der Waals surface area contributed by atoms with E-state index in [0.29, 0.717) is 5.82 Å². The smallest absolute Gasteiger partial charge is 0.160 e. The van der Waals surface area contributed by atoms with E-state index in [4.69, 9.17) is 9.97 Å². The summed E-state index contributed by atoms with van der Waals surface area (Å²) in [6, 6.07) is 66.8. The van der Waals surface area contributed by atoms with Crippen LogP contribution in [0, 0.1) is 0 Å². The molecule has 0 spiro atoms. The van der Waals surface area contributed by atoms with Crippen LogP contribution in [0.4, 0.5) is 0 Å². The lowest BCUT2D eigenvalue weighted by molar-refractivity contribution is 0.888. The lowest BCUT2D eigenvalue weighted by Crippen LogP contribution is -2.02. The molecule has 2 heterocycles. The number of fused-ring (bicyclic) bond motifs is 3. The van der Waals surface area contributed by atoms with Gasteiger partial charge in [0.1, 0.15) is 0 Å². The highest BCUT2D eigenvalue weighted by Crippen LogP contribution is 2.37. The van der Waals surface area contributed by atoms with Gasteiger partial charge in [-0.3, -0.25) is 0 Å². The highest BCUT2D eigenvalue weighted by molar-refractivity contribution is 5.93. The maximum atomic E-state index is 5.19. The van der Waals surface area contributed by atoms with Gasteiger partial charge in [0.2, 0.25) is 0 Å². The van der Waals surface area contributed by atoms with Gasteiger partial charge in [0.25, 0.3) is 0 Å². The van der Waals surface area contributed by atoms with Crippen molar-refractivity contribution >= 4 is 17.0 Å². The Balaban J connectivity index is 1.03. The van der Waals surface area contributed by atoms with E-state index in [1.54, 1.807) is 0 Å². The molecule has 2 aromatic heterocycles. The zero-order valence-corrected chi connectivity index (χ0v) is 30.3. The van der Waals surface area contributed by atoms with Crippen molar-refractivity contribution in [1.82, 2.24) is 14.5 Å². The molecular formula is C52H37N3. The highest BCUT2D eigenvalue weighted by atomic mass is 15.0. The van der Waals surface area contributed by atoms with Crippen LogP contribution >= 0.6 is 0 Å².